The largest absolute Gasteiger partial charge is 0.478 e. The zero-order valence-electron chi connectivity index (χ0n) is 10.3. The molecule has 1 aromatic rings. The van der Waals surface area contributed by atoms with Crippen LogP contribution in [-0.4, -0.2) is 20.9 Å². The summed E-state index contributed by atoms with van der Waals surface area (Å²) >= 11 is 0. The molecule has 0 aromatic carbocycles. The summed E-state index contributed by atoms with van der Waals surface area (Å²) in [6, 6.07) is 1.77. The summed E-state index contributed by atoms with van der Waals surface area (Å²) in [6.07, 6.45) is 7.06. The second-order valence-electron chi connectivity index (χ2n) is 3.78. The maximum Gasteiger partial charge on any atom is 0.340 e. The fraction of sp³-hybridized carbons (Fsp3) is 0.308. The van der Waals surface area contributed by atoms with Crippen molar-refractivity contribution in [1.82, 2.24) is 9.78 Å². The molecule has 0 atom stereocenters. The number of carbonyl (C=O) groups is 1. The molecule has 5 heteroatoms. The maximum absolute atomic E-state index is 10.9. The third-order valence-electron chi connectivity index (χ3n) is 2.40. The van der Waals surface area contributed by atoms with Gasteiger partial charge in [-0.1, -0.05) is 32.1 Å². The lowest BCUT2D eigenvalue weighted by Gasteiger charge is -2.02. The summed E-state index contributed by atoms with van der Waals surface area (Å²) in [5.41, 5.74) is 0.818. The highest BCUT2D eigenvalue weighted by Crippen LogP contribution is 2.09. The minimum atomic E-state index is -1.14. The van der Waals surface area contributed by atoms with Crippen molar-refractivity contribution < 1.29 is 9.90 Å². The van der Waals surface area contributed by atoms with Crippen LogP contribution in [0.2, 0.25) is 0 Å². The van der Waals surface area contributed by atoms with Crippen LogP contribution in [0.15, 0.2) is 30.5 Å². The van der Waals surface area contributed by atoms with Crippen molar-refractivity contribution in [2.24, 2.45) is 0 Å². The van der Waals surface area contributed by atoms with Crippen LogP contribution in [0, 0.1) is 11.3 Å². The van der Waals surface area contributed by atoms with Gasteiger partial charge in [0.15, 0.2) is 5.69 Å². The van der Waals surface area contributed by atoms with E-state index in [1.165, 1.54) is 10.9 Å². The number of carboxylic acids is 1. The van der Waals surface area contributed by atoms with E-state index in [4.69, 9.17) is 10.4 Å². The Balaban J connectivity index is 2.95. The van der Waals surface area contributed by atoms with Crippen LogP contribution < -0.4 is 0 Å². The van der Waals surface area contributed by atoms with Crippen molar-refractivity contribution in [1.29, 1.82) is 5.26 Å². The predicted octanol–water partition coefficient (Wildman–Crippen LogP) is 2.37. The first-order valence-corrected chi connectivity index (χ1v) is 5.64. The van der Waals surface area contributed by atoms with Crippen LogP contribution >= 0.6 is 0 Å². The van der Waals surface area contributed by atoms with E-state index in [1.807, 2.05) is 6.08 Å². The van der Waals surface area contributed by atoms with Gasteiger partial charge in [-0.25, -0.2) is 4.79 Å². The number of aromatic nitrogens is 2. The first kappa shape index (κ1) is 13.7. The third-order valence-corrected chi connectivity index (χ3v) is 2.40. The fourth-order valence-corrected chi connectivity index (χ4v) is 1.47. The van der Waals surface area contributed by atoms with E-state index in [2.05, 4.69) is 18.6 Å². The minimum absolute atomic E-state index is 0.0681. The van der Waals surface area contributed by atoms with Crippen molar-refractivity contribution in [3.05, 3.63) is 41.8 Å². The lowest BCUT2D eigenvalue weighted by Crippen LogP contribution is -2.00. The van der Waals surface area contributed by atoms with Crippen molar-refractivity contribution >= 4 is 5.97 Å². The van der Waals surface area contributed by atoms with Crippen LogP contribution in [-0.2, 0) is 6.54 Å². The number of nitriles is 1. The van der Waals surface area contributed by atoms with E-state index in [-0.39, 0.29) is 11.3 Å². The summed E-state index contributed by atoms with van der Waals surface area (Å²) in [5.74, 6) is -1.14. The predicted molar refractivity (Wildman–Crippen MR) is 67.1 cm³/mol. The Morgan fingerprint density at radius 2 is 2.44 bits per heavy atom. The van der Waals surface area contributed by atoms with Gasteiger partial charge in [0.2, 0.25) is 0 Å². The highest BCUT2D eigenvalue weighted by atomic mass is 16.4. The van der Waals surface area contributed by atoms with Crippen LogP contribution in [0.4, 0.5) is 0 Å². The maximum atomic E-state index is 10.9. The molecule has 94 valence electrons. The first-order chi connectivity index (χ1) is 8.62. The molecule has 1 rings (SSSR count). The number of nitrogens with zero attached hydrogens (tertiary/aromatic N) is 3. The van der Waals surface area contributed by atoms with Crippen molar-refractivity contribution in [3.63, 3.8) is 0 Å². The molecule has 0 unspecified atom stereocenters. The lowest BCUT2D eigenvalue weighted by atomic mass is 10.2. The third kappa shape index (κ3) is 3.32. The van der Waals surface area contributed by atoms with Crippen LogP contribution in [0.1, 0.15) is 35.8 Å². The molecule has 1 aromatic heterocycles. The first-order valence-electron chi connectivity index (χ1n) is 5.64. The normalized spacial score (nSPS) is 11.0. The van der Waals surface area contributed by atoms with Gasteiger partial charge in [-0.2, -0.15) is 10.4 Å². The number of aromatic carboxylic acids is 1. The summed E-state index contributed by atoms with van der Waals surface area (Å²) in [4.78, 5) is 10.9. The fourth-order valence-electron chi connectivity index (χ4n) is 1.47. The zero-order valence-corrected chi connectivity index (χ0v) is 10.3. The van der Waals surface area contributed by atoms with E-state index in [0.29, 0.717) is 6.54 Å². The molecule has 0 spiro atoms. The monoisotopic (exact) mass is 245 g/mol. The molecule has 0 saturated heterocycles. The van der Waals surface area contributed by atoms with E-state index in [9.17, 15) is 4.79 Å². The standard InChI is InChI=1S/C13H15N3O2/c1-3-5-6-10(4-2)8-16-9-11(13(17)18)12(7-14)15-16/h4,6,9H,2-3,5,8H2,1H3,(H,17,18)/b10-6+. The molecule has 5 nitrogen and oxygen atoms in total. The highest BCUT2D eigenvalue weighted by molar-refractivity contribution is 5.89. The molecule has 1 N–H and O–H groups in total. The Kier molecular flexibility index (Phi) is 4.88. The molecule has 0 radical (unpaired) electrons. The molecule has 0 amide bonds. The van der Waals surface area contributed by atoms with E-state index in [0.717, 1.165) is 18.4 Å². The molecule has 18 heavy (non-hydrogen) atoms. The Labute approximate surface area is 106 Å². The van der Waals surface area contributed by atoms with Crippen molar-refractivity contribution in [2.75, 3.05) is 0 Å². The Bertz CT molecular complexity index is 521. The van der Waals surface area contributed by atoms with Crippen molar-refractivity contribution in [3.8, 4) is 6.07 Å². The van der Waals surface area contributed by atoms with Gasteiger partial charge < -0.3 is 5.11 Å². The number of rotatable bonds is 6. The summed E-state index contributed by atoms with van der Waals surface area (Å²) in [6.45, 7) is 6.20. The number of carboxylic acid groups (broad SMARTS) is 1. The minimum Gasteiger partial charge on any atom is -0.478 e. The Hall–Kier alpha value is -2.35. The van der Waals surface area contributed by atoms with Gasteiger partial charge in [-0.05, 0) is 12.0 Å². The van der Waals surface area contributed by atoms with Gasteiger partial charge in [0.05, 0.1) is 6.54 Å². The van der Waals surface area contributed by atoms with Gasteiger partial charge in [0.25, 0.3) is 0 Å². The molecule has 0 fully saturated rings. The van der Waals surface area contributed by atoms with Crippen LogP contribution in [0.5, 0.6) is 0 Å². The lowest BCUT2D eigenvalue weighted by molar-refractivity contribution is 0.0696. The average Bonchev–Trinajstić information content (AvgIpc) is 2.77. The van der Waals surface area contributed by atoms with E-state index < -0.39 is 5.97 Å². The number of allylic oxidation sites excluding steroid dienone is 3. The van der Waals surface area contributed by atoms with Gasteiger partial charge in [-0.3, -0.25) is 4.68 Å². The number of hydrogen-bond acceptors (Lipinski definition) is 3. The quantitative estimate of drug-likeness (QED) is 0.780. The Morgan fingerprint density at radius 3 is 2.89 bits per heavy atom. The Morgan fingerprint density at radius 1 is 1.72 bits per heavy atom. The molecule has 0 aliphatic carbocycles. The summed E-state index contributed by atoms with van der Waals surface area (Å²) in [5, 5.41) is 21.6. The van der Waals surface area contributed by atoms with Crippen LogP contribution in [0.25, 0.3) is 0 Å². The average molecular weight is 245 g/mol. The van der Waals surface area contributed by atoms with Gasteiger partial charge in [0.1, 0.15) is 11.6 Å². The molecule has 0 aliphatic rings. The molecular formula is C13H15N3O2. The summed E-state index contributed by atoms with van der Waals surface area (Å²) in [7, 11) is 0. The molecule has 0 saturated carbocycles. The van der Waals surface area contributed by atoms with Gasteiger partial charge in [-0.15, -0.1) is 0 Å². The van der Waals surface area contributed by atoms with Gasteiger partial charge in [0, 0.05) is 6.20 Å². The highest BCUT2D eigenvalue weighted by Gasteiger charge is 2.14. The zero-order chi connectivity index (χ0) is 13.5. The van der Waals surface area contributed by atoms with E-state index in [1.54, 1.807) is 12.1 Å². The van der Waals surface area contributed by atoms with Crippen LogP contribution in [0.3, 0.4) is 0 Å². The number of unbranched alkanes of at least 4 members (excludes halogenated alkanes) is 1. The second kappa shape index (κ2) is 6.40. The van der Waals surface area contributed by atoms with Crippen molar-refractivity contribution in [2.45, 2.75) is 26.3 Å². The SMILES string of the molecule is C=C/C(=C\CCC)Cn1cc(C(=O)O)c(C#N)n1. The smallest absolute Gasteiger partial charge is 0.340 e. The molecule has 1 heterocycles. The number of hydrogen-bond donors (Lipinski definition) is 1. The topological polar surface area (TPSA) is 78.9 Å². The molecular weight excluding hydrogens is 230 g/mol. The van der Waals surface area contributed by atoms with Gasteiger partial charge >= 0.3 is 5.97 Å². The molecule has 0 bridgehead atoms. The molecule has 0 aliphatic heterocycles. The summed E-state index contributed by atoms with van der Waals surface area (Å²) < 4.78 is 1.45. The van der Waals surface area contributed by atoms with E-state index >= 15 is 0 Å². The second-order valence-corrected chi connectivity index (χ2v) is 3.78.